The molecule has 3 aliphatic rings. The lowest BCUT2D eigenvalue weighted by molar-refractivity contribution is -0.138. The van der Waals surface area contributed by atoms with Crippen LogP contribution in [-0.2, 0) is 4.79 Å². The highest BCUT2D eigenvalue weighted by Crippen LogP contribution is 2.26. The number of rotatable bonds is 4. The Morgan fingerprint density at radius 3 is 2.25 bits per heavy atom. The summed E-state index contributed by atoms with van der Waals surface area (Å²) in [6, 6.07) is 1.70. The summed E-state index contributed by atoms with van der Waals surface area (Å²) in [4.78, 5) is 20.0. The van der Waals surface area contributed by atoms with E-state index in [1.54, 1.807) is 0 Å². The minimum absolute atomic E-state index is 0.187. The van der Waals surface area contributed by atoms with Crippen molar-refractivity contribution in [2.24, 2.45) is 11.7 Å². The van der Waals surface area contributed by atoms with E-state index >= 15 is 0 Å². The lowest BCUT2D eigenvalue weighted by Gasteiger charge is -2.38. The Morgan fingerprint density at radius 1 is 0.958 bits per heavy atom. The summed E-state index contributed by atoms with van der Waals surface area (Å²) in [7, 11) is 0. The Hall–Kier alpha value is -0.650. The third-order valence-corrected chi connectivity index (χ3v) is 6.56. The van der Waals surface area contributed by atoms with Gasteiger partial charge in [-0.25, -0.2) is 0 Å². The van der Waals surface area contributed by atoms with Gasteiger partial charge in [-0.15, -0.1) is 0 Å². The van der Waals surface area contributed by atoms with E-state index in [4.69, 9.17) is 5.73 Å². The molecule has 0 bridgehead atoms. The monoisotopic (exact) mass is 336 g/mol. The second-order valence-electron chi connectivity index (χ2n) is 8.30. The number of amides is 1. The molecule has 1 aliphatic carbocycles. The van der Waals surface area contributed by atoms with E-state index < -0.39 is 0 Å². The first-order valence-electron chi connectivity index (χ1n) is 10.1. The van der Waals surface area contributed by atoms with E-state index in [1.807, 2.05) is 0 Å². The Morgan fingerprint density at radius 2 is 1.62 bits per heavy atom. The van der Waals surface area contributed by atoms with Gasteiger partial charge in [-0.3, -0.25) is 14.6 Å². The van der Waals surface area contributed by atoms with Gasteiger partial charge in [0.05, 0.1) is 0 Å². The minimum atomic E-state index is 0.187. The van der Waals surface area contributed by atoms with E-state index in [1.165, 1.54) is 19.4 Å². The average molecular weight is 337 g/mol. The lowest BCUT2D eigenvalue weighted by Crippen LogP contribution is -2.52. The molecule has 1 amide bonds. The summed E-state index contributed by atoms with van der Waals surface area (Å²) in [6.07, 6.45) is 6.82. The zero-order valence-corrected chi connectivity index (χ0v) is 15.6. The van der Waals surface area contributed by atoms with Crippen LogP contribution in [0.1, 0.15) is 52.4 Å². The molecule has 4 atom stereocenters. The summed E-state index contributed by atoms with van der Waals surface area (Å²) in [5.41, 5.74) is 6.05. The Labute approximate surface area is 147 Å². The summed E-state index contributed by atoms with van der Waals surface area (Å²) < 4.78 is 0. The van der Waals surface area contributed by atoms with Crippen LogP contribution in [0, 0.1) is 5.92 Å². The molecule has 3 rings (SSSR count). The molecule has 5 nitrogen and oxygen atoms in total. The fourth-order valence-electron chi connectivity index (χ4n) is 4.85. The van der Waals surface area contributed by atoms with Gasteiger partial charge in [0, 0.05) is 63.3 Å². The van der Waals surface area contributed by atoms with E-state index in [0.717, 1.165) is 70.5 Å². The Bertz CT molecular complexity index is 412. The molecule has 5 heteroatoms. The van der Waals surface area contributed by atoms with Crippen molar-refractivity contribution < 1.29 is 4.79 Å². The van der Waals surface area contributed by atoms with Crippen LogP contribution in [0.25, 0.3) is 0 Å². The SMILES string of the molecule is CC1CCC(C)N1CCN1CCN(C(=O)C2CCCC(N)C2)CC1. The first-order chi connectivity index (χ1) is 11.5. The molecule has 0 radical (unpaired) electrons. The topological polar surface area (TPSA) is 52.8 Å². The second-order valence-corrected chi connectivity index (χ2v) is 8.30. The zero-order chi connectivity index (χ0) is 17.1. The highest BCUT2D eigenvalue weighted by Gasteiger charge is 2.31. The largest absolute Gasteiger partial charge is 0.340 e. The number of hydrogen-bond donors (Lipinski definition) is 1. The average Bonchev–Trinajstić information content (AvgIpc) is 2.91. The Balaban J connectivity index is 1.40. The van der Waals surface area contributed by atoms with Gasteiger partial charge in [0.15, 0.2) is 0 Å². The van der Waals surface area contributed by atoms with Crippen LogP contribution in [0.15, 0.2) is 0 Å². The molecule has 24 heavy (non-hydrogen) atoms. The highest BCUT2D eigenvalue weighted by molar-refractivity contribution is 5.79. The van der Waals surface area contributed by atoms with Gasteiger partial charge in [-0.05, 0) is 46.0 Å². The molecule has 4 unspecified atom stereocenters. The third-order valence-electron chi connectivity index (χ3n) is 6.56. The molecule has 138 valence electrons. The standard InChI is InChI=1S/C19H36N4O/c1-15-6-7-16(2)23(15)13-10-21-8-11-22(12-9-21)19(24)17-4-3-5-18(20)14-17/h15-18H,3-14,20H2,1-2H3. The predicted molar refractivity (Wildman–Crippen MR) is 97.8 cm³/mol. The molecule has 0 aromatic rings. The van der Waals surface area contributed by atoms with E-state index in [2.05, 4.69) is 28.5 Å². The molecule has 2 aliphatic heterocycles. The van der Waals surface area contributed by atoms with Gasteiger partial charge in [-0.2, -0.15) is 0 Å². The van der Waals surface area contributed by atoms with Gasteiger partial charge < -0.3 is 10.6 Å². The number of carbonyl (C=O) groups is 1. The van der Waals surface area contributed by atoms with Gasteiger partial charge >= 0.3 is 0 Å². The van der Waals surface area contributed by atoms with Crippen molar-refractivity contribution in [3.63, 3.8) is 0 Å². The maximum atomic E-state index is 12.7. The van der Waals surface area contributed by atoms with Gasteiger partial charge in [0.2, 0.25) is 5.91 Å². The summed E-state index contributed by atoms with van der Waals surface area (Å²) >= 11 is 0. The number of piperazine rings is 1. The van der Waals surface area contributed by atoms with Gasteiger partial charge in [0.25, 0.3) is 0 Å². The fraction of sp³-hybridized carbons (Fsp3) is 0.947. The number of nitrogens with zero attached hydrogens (tertiary/aromatic N) is 3. The highest BCUT2D eigenvalue weighted by atomic mass is 16.2. The summed E-state index contributed by atoms with van der Waals surface area (Å²) in [5, 5.41) is 0. The van der Waals surface area contributed by atoms with Crippen molar-refractivity contribution in [2.75, 3.05) is 39.3 Å². The van der Waals surface area contributed by atoms with Crippen molar-refractivity contribution in [1.29, 1.82) is 0 Å². The molecule has 2 saturated heterocycles. The van der Waals surface area contributed by atoms with Gasteiger partial charge in [0.1, 0.15) is 0 Å². The first kappa shape index (κ1) is 18.2. The number of nitrogens with two attached hydrogens (primary N) is 1. The van der Waals surface area contributed by atoms with Crippen molar-refractivity contribution in [2.45, 2.75) is 70.5 Å². The Kier molecular flexibility index (Phi) is 6.17. The molecular formula is C19H36N4O. The number of hydrogen-bond acceptors (Lipinski definition) is 4. The van der Waals surface area contributed by atoms with Crippen molar-refractivity contribution in [3.05, 3.63) is 0 Å². The van der Waals surface area contributed by atoms with Crippen LogP contribution in [0.3, 0.4) is 0 Å². The van der Waals surface area contributed by atoms with Crippen LogP contribution in [-0.4, -0.2) is 78.0 Å². The quantitative estimate of drug-likeness (QED) is 0.846. The normalized spacial score (nSPS) is 36.2. The molecule has 3 fully saturated rings. The maximum Gasteiger partial charge on any atom is 0.225 e. The van der Waals surface area contributed by atoms with Crippen LogP contribution in [0.4, 0.5) is 0 Å². The van der Waals surface area contributed by atoms with Crippen LogP contribution in [0.2, 0.25) is 0 Å². The molecule has 1 saturated carbocycles. The van der Waals surface area contributed by atoms with Crippen molar-refractivity contribution in [1.82, 2.24) is 14.7 Å². The first-order valence-corrected chi connectivity index (χ1v) is 10.1. The van der Waals surface area contributed by atoms with Crippen molar-refractivity contribution >= 4 is 5.91 Å². The lowest BCUT2D eigenvalue weighted by atomic mass is 9.85. The molecular weight excluding hydrogens is 300 g/mol. The summed E-state index contributed by atoms with van der Waals surface area (Å²) in [5.74, 6) is 0.554. The molecule has 0 aromatic heterocycles. The second kappa shape index (κ2) is 8.15. The van der Waals surface area contributed by atoms with Crippen LogP contribution in [0.5, 0.6) is 0 Å². The zero-order valence-electron chi connectivity index (χ0n) is 15.6. The predicted octanol–water partition coefficient (Wildman–Crippen LogP) is 1.52. The molecule has 0 aromatic carbocycles. The van der Waals surface area contributed by atoms with E-state index in [-0.39, 0.29) is 12.0 Å². The van der Waals surface area contributed by atoms with Crippen molar-refractivity contribution in [3.8, 4) is 0 Å². The molecule has 2 N–H and O–H groups in total. The number of likely N-dealkylation sites (tertiary alicyclic amines) is 1. The van der Waals surface area contributed by atoms with E-state index in [0.29, 0.717) is 5.91 Å². The number of carbonyl (C=O) groups excluding carboxylic acids is 1. The van der Waals surface area contributed by atoms with Crippen LogP contribution >= 0.6 is 0 Å². The fourth-order valence-corrected chi connectivity index (χ4v) is 4.85. The summed E-state index contributed by atoms with van der Waals surface area (Å²) in [6.45, 7) is 10.9. The van der Waals surface area contributed by atoms with E-state index in [9.17, 15) is 4.79 Å². The molecule has 0 spiro atoms. The van der Waals surface area contributed by atoms with Crippen LogP contribution < -0.4 is 5.73 Å². The van der Waals surface area contributed by atoms with Gasteiger partial charge in [-0.1, -0.05) is 6.42 Å². The maximum absolute atomic E-state index is 12.7. The third kappa shape index (κ3) is 4.30. The minimum Gasteiger partial charge on any atom is -0.340 e. The molecule has 2 heterocycles. The smallest absolute Gasteiger partial charge is 0.225 e.